The largest absolute Gasteiger partial charge is 0.310 e. The van der Waals surface area contributed by atoms with Gasteiger partial charge in [0, 0.05) is 17.9 Å². The molecule has 1 unspecified atom stereocenters. The number of aromatic nitrogens is 1. The third-order valence-electron chi connectivity index (χ3n) is 3.23. The highest BCUT2D eigenvalue weighted by Crippen LogP contribution is 2.20. The van der Waals surface area contributed by atoms with Gasteiger partial charge in [0.1, 0.15) is 5.82 Å². The van der Waals surface area contributed by atoms with Crippen molar-refractivity contribution in [2.75, 3.05) is 6.54 Å². The van der Waals surface area contributed by atoms with E-state index in [0.717, 1.165) is 24.2 Å². The van der Waals surface area contributed by atoms with Crippen LogP contribution in [-0.2, 0) is 6.42 Å². The number of pyridine rings is 1. The molecule has 100 valence electrons. The number of rotatable bonds is 5. The summed E-state index contributed by atoms with van der Waals surface area (Å²) in [5, 5.41) is 3.47. The lowest BCUT2D eigenvalue weighted by Gasteiger charge is -2.20. The number of likely N-dealkylation sites (N-methyl/N-ethyl adjacent to an activating group) is 1. The Morgan fingerprint density at radius 3 is 2.58 bits per heavy atom. The molecule has 0 aliphatic rings. The van der Waals surface area contributed by atoms with Crippen LogP contribution in [0.4, 0.5) is 4.39 Å². The van der Waals surface area contributed by atoms with E-state index in [1.165, 1.54) is 17.7 Å². The predicted octanol–water partition coefficient (Wildman–Crippen LogP) is 3.42. The second-order valence-electron chi connectivity index (χ2n) is 4.62. The Kier molecular flexibility index (Phi) is 4.63. The van der Waals surface area contributed by atoms with Crippen LogP contribution in [0.1, 0.15) is 29.8 Å². The molecule has 2 nitrogen and oxygen atoms in total. The fraction of sp³-hybridized carbons (Fsp3) is 0.312. The first-order valence-corrected chi connectivity index (χ1v) is 6.60. The molecule has 19 heavy (non-hydrogen) atoms. The molecular formula is C16H19FN2. The van der Waals surface area contributed by atoms with Crippen molar-refractivity contribution in [3.8, 4) is 0 Å². The first kappa shape index (κ1) is 13.7. The second-order valence-corrected chi connectivity index (χ2v) is 4.62. The summed E-state index contributed by atoms with van der Waals surface area (Å²) >= 11 is 0. The fourth-order valence-corrected chi connectivity index (χ4v) is 2.26. The molecule has 0 saturated carbocycles. The van der Waals surface area contributed by atoms with E-state index in [-0.39, 0.29) is 11.9 Å². The molecule has 1 atom stereocenters. The van der Waals surface area contributed by atoms with Gasteiger partial charge in [-0.1, -0.05) is 25.1 Å². The molecule has 3 heteroatoms. The first-order chi connectivity index (χ1) is 9.20. The summed E-state index contributed by atoms with van der Waals surface area (Å²) < 4.78 is 12.9. The summed E-state index contributed by atoms with van der Waals surface area (Å²) in [6.07, 6.45) is 2.64. The normalized spacial score (nSPS) is 12.4. The van der Waals surface area contributed by atoms with Gasteiger partial charge in [-0.2, -0.15) is 0 Å². The Balaban J connectivity index is 2.21. The maximum atomic E-state index is 12.9. The molecule has 0 amide bonds. The summed E-state index contributed by atoms with van der Waals surface area (Å²) in [6.45, 7) is 4.99. The van der Waals surface area contributed by atoms with Crippen LogP contribution >= 0.6 is 0 Å². The van der Waals surface area contributed by atoms with Gasteiger partial charge in [-0.15, -0.1) is 0 Å². The highest BCUT2D eigenvalue weighted by molar-refractivity contribution is 5.26. The quantitative estimate of drug-likeness (QED) is 0.888. The summed E-state index contributed by atoms with van der Waals surface area (Å²) in [7, 11) is 0. The summed E-state index contributed by atoms with van der Waals surface area (Å²) in [4.78, 5) is 4.34. The summed E-state index contributed by atoms with van der Waals surface area (Å²) in [6, 6.07) is 11.0. The number of halogens is 1. The van der Waals surface area contributed by atoms with E-state index in [0.29, 0.717) is 0 Å². The number of benzene rings is 1. The molecule has 0 spiro atoms. The van der Waals surface area contributed by atoms with Crippen molar-refractivity contribution in [1.29, 1.82) is 0 Å². The lowest BCUT2D eigenvalue weighted by atomic mass is 9.98. The van der Waals surface area contributed by atoms with Gasteiger partial charge >= 0.3 is 0 Å². The zero-order valence-electron chi connectivity index (χ0n) is 11.4. The average Bonchev–Trinajstić information content (AvgIpc) is 2.41. The van der Waals surface area contributed by atoms with Crippen LogP contribution in [0.5, 0.6) is 0 Å². The van der Waals surface area contributed by atoms with Crippen LogP contribution in [0.2, 0.25) is 0 Å². The second kappa shape index (κ2) is 6.43. The maximum Gasteiger partial charge on any atom is 0.123 e. The van der Waals surface area contributed by atoms with Crippen LogP contribution in [0, 0.1) is 12.7 Å². The molecular weight excluding hydrogens is 239 g/mol. The van der Waals surface area contributed by atoms with E-state index in [1.54, 1.807) is 6.20 Å². The van der Waals surface area contributed by atoms with E-state index in [4.69, 9.17) is 0 Å². The van der Waals surface area contributed by atoms with Gasteiger partial charge in [-0.05, 0) is 49.2 Å². The highest BCUT2D eigenvalue weighted by atomic mass is 19.1. The standard InChI is InChI=1S/C16H19FN2/c1-3-18-16(15-5-4-10-19-12(15)2)11-13-6-8-14(17)9-7-13/h4-10,16,18H,3,11H2,1-2H3. The Labute approximate surface area is 113 Å². The molecule has 0 aliphatic heterocycles. The molecule has 1 aromatic heterocycles. The van der Waals surface area contributed by atoms with Crippen LogP contribution in [0.3, 0.4) is 0 Å². The molecule has 0 saturated heterocycles. The molecule has 0 fully saturated rings. The number of nitrogens with one attached hydrogen (secondary N) is 1. The van der Waals surface area contributed by atoms with Crippen molar-refractivity contribution in [3.63, 3.8) is 0 Å². The third-order valence-corrected chi connectivity index (χ3v) is 3.23. The Morgan fingerprint density at radius 1 is 1.21 bits per heavy atom. The minimum Gasteiger partial charge on any atom is -0.310 e. The molecule has 0 aliphatic carbocycles. The van der Waals surface area contributed by atoms with Crippen LogP contribution in [0.25, 0.3) is 0 Å². The van der Waals surface area contributed by atoms with E-state index >= 15 is 0 Å². The smallest absolute Gasteiger partial charge is 0.123 e. The van der Waals surface area contributed by atoms with Gasteiger partial charge in [-0.25, -0.2) is 4.39 Å². The third kappa shape index (κ3) is 3.61. The monoisotopic (exact) mass is 258 g/mol. The van der Waals surface area contributed by atoms with Crippen molar-refractivity contribution >= 4 is 0 Å². The van der Waals surface area contributed by atoms with Crippen molar-refractivity contribution in [1.82, 2.24) is 10.3 Å². The molecule has 1 heterocycles. The highest BCUT2D eigenvalue weighted by Gasteiger charge is 2.13. The lowest BCUT2D eigenvalue weighted by molar-refractivity contribution is 0.544. The Bertz CT molecular complexity index is 523. The summed E-state index contributed by atoms with van der Waals surface area (Å²) in [5.41, 5.74) is 3.36. The van der Waals surface area contributed by atoms with Crippen LogP contribution < -0.4 is 5.32 Å². The van der Waals surface area contributed by atoms with Crippen molar-refractivity contribution in [3.05, 3.63) is 65.2 Å². The zero-order valence-corrected chi connectivity index (χ0v) is 11.4. The van der Waals surface area contributed by atoms with E-state index in [9.17, 15) is 4.39 Å². The SMILES string of the molecule is CCNC(Cc1ccc(F)cc1)c1cccnc1C. The van der Waals surface area contributed by atoms with Gasteiger partial charge in [0.05, 0.1) is 0 Å². The molecule has 1 N–H and O–H groups in total. The lowest BCUT2D eigenvalue weighted by Crippen LogP contribution is -2.24. The zero-order chi connectivity index (χ0) is 13.7. The minimum absolute atomic E-state index is 0.193. The minimum atomic E-state index is -0.193. The molecule has 0 radical (unpaired) electrons. The van der Waals surface area contributed by atoms with Crippen LogP contribution in [-0.4, -0.2) is 11.5 Å². The number of hydrogen-bond acceptors (Lipinski definition) is 2. The van der Waals surface area contributed by atoms with Crippen molar-refractivity contribution in [2.45, 2.75) is 26.3 Å². The van der Waals surface area contributed by atoms with Crippen LogP contribution in [0.15, 0.2) is 42.6 Å². The topological polar surface area (TPSA) is 24.9 Å². The number of nitrogens with zero attached hydrogens (tertiary/aromatic N) is 1. The van der Waals surface area contributed by atoms with E-state index < -0.39 is 0 Å². The molecule has 0 bridgehead atoms. The molecule has 1 aromatic carbocycles. The van der Waals surface area contributed by atoms with Gasteiger partial charge in [0.2, 0.25) is 0 Å². The van der Waals surface area contributed by atoms with Gasteiger partial charge in [-0.3, -0.25) is 4.98 Å². The van der Waals surface area contributed by atoms with Gasteiger partial charge in [0.15, 0.2) is 0 Å². The van der Waals surface area contributed by atoms with E-state index in [1.807, 2.05) is 25.1 Å². The number of aryl methyl sites for hydroxylation is 1. The van der Waals surface area contributed by atoms with E-state index in [2.05, 4.69) is 23.3 Å². The molecule has 2 rings (SSSR count). The molecule has 2 aromatic rings. The van der Waals surface area contributed by atoms with Gasteiger partial charge in [0.25, 0.3) is 0 Å². The van der Waals surface area contributed by atoms with Gasteiger partial charge < -0.3 is 5.32 Å². The predicted molar refractivity (Wildman–Crippen MR) is 75.5 cm³/mol. The Morgan fingerprint density at radius 2 is 1.95 bits per heavy atom. The maximum absolute atomic E-state index is 12.9. The van der Waals surface area contributed by atoms with Crippen molar-refractivity contribution < 1.29 is 4.39 Å². The number of hydrogen-bond donors (Lipinski definition) is 1. The van der Waals surface area contributed by atoms with Crippen molar-refractivity contribution in [2.24, 2.45) is 0 Å². The first-order valence-electron chi connectivity index (χ1n) is 6.60. The fourth-order valence-electron chi connectivity index (χ4n) is 2.26. The summed E-state index contributed by atoms with van der Waals surface area (Å²) in [5.74, 6) is -0.193. The average molecular weight is 258 g/mol. The Hall–Kier alpha value is -1.74.